The molecule has 19 heavy (non-hydrogen) atoms. The molecule has 100 valence electrons. The van der Waals surface area contributed by atoms with Crippen LogP contribution in [0.1, 0.15) is 11.1 Å². The SMILES string of the molecule is CN(Cc1ccsc1)Cc1ccc(F)cc1B(O)O. The lowest BCUT2D eigenvalue weighted by Crippen LogP contribution is -2.35. The van der Waals surface area contributed by atoms with E-state index in [9.17, 15) is 14.4 Å². The molecular weight excluding hydrogens is 264 g/mol. The van der Waals surface area contributed by atoms with Gasteiger partial charge < -0.3 is 10.0 Å². The molecule has 0 spiro atoms. The first-order valence-corrected chi connectivity index (χ1v) is 6.84. The zero-order chi connectivity index (χ0) is 13.8. The summed E-state index contributed by atoms with van der Waals surface area (Å²) in [6, 6.07) is 6.14. The molecule has 6 heteroatoms. The van der Waals surface area contributed by atoms with Crippen molar-refractivity contribution in [1.82, 2.24) is 4.90 Å². The highest BCUT2D eigenvalue weighted by molar-refractivity contribution is 7.07. The first-order valence-electron chi connectivity index (χ1n) is 5.90. The molecule has 0 saturated carbocycles. The molecule has 0 amide bonds. The summed E-state index contributed by atoms with van der Waals surface area (Å²) in [6.45, 7) is 1.30. The Morgan fingerprint density at radius 3 is 2.68 bits per heavy atom. The van der Waals surface area contributed by atoms with Crippen LogP contribution in [0.4, 0.5) is 4.39 Å². The number of hydrogen-bond donors (Lipinski definition) is 2. The van der Waals surface area contributed by atoms with Gasteiger partial charge in [-0.25, -0.2) is 4.39 Å². The monoisotopic (exact) mass is 279 g/mol. The van der Waals surface area contributed by atoms with Crippen molar-refractivity contribution in [3.05, 3.63) is 52.0 Å². The van der Waals surface area contributed by atoms with Crippen LogP contribution in [0.25, 0.3) is 0 Å². The highest BCUT2D eigenvalue weighted by atomic mass is 32.1. The molecule has 1 aromatic carbocycles. The molecule has 2 aromatic rings. The predicted octanol–water partition coefficient (Wildman–Crippen LogP) is 1.20. The van der Waals surface area contributed by atoms with E-state index in [0.29, 0.717) is 12.1 Å². The lowest BCUT2D eigenvalue weighted by atomic mass is 9.77. The van der Waals surface area contributed by atoms with Crippen LogP contribution in [-0.2, 0) is 13.1 Å². The van der Waals surface area contributed by atoms with Crippen LogP contribution in [0.2, 0.25) is 0 Å². The summed E-state index contributed by atoms with van der Waals surface area (Å²) in [7, 11) is 0.286. The van der Waals surface area contributed by atoms with Gasteiger partial charge in [-0.3, -0.25) is 4.90 Å². The molecule has 0 aliphatic carbocycles. The van der Waals surface area contributed by atoms with Gasteiger partial charge >= 0.3 is 7.12 Å². The van der Waals surface area contributed by atoms with E-state index in [2.05, 4.69) is 5.38 Å². The third kappa shape index (κ3) is 3.88. The number of halogens is 1. The fourth-order valence-electron chi connectivity index (χ4n) is 1.99. The van der Waals surface area contributed by atoms with Crippen molar-refractivity contribution in [3.63, 3.8) is 0 Å². The van der Waals surface area contributed by atoms with E-state index >= 15 is 0 Å². The minimum absolute atomic E-state index is 0.220. The van der Waals surface area contributed by atoms with Crippen LogP contribution < -0.4 is 5.46 Å². The minimum atomic E-state index is -1.65. The molecular formula is C13H15BFNO2S. The number of hydrogen-bond acceptors (Lipinski definition) is 4. The third-order valence-corrected chi connectivity index (χ3v) is 3.59. The summed E-state index contributed by atoms with van der Waals surface area (Å²) in [5.41, 5.74) is 2.15. The van der Waals surface area contributed by atoms with Crippen molar-refractivity contribution in [2.45, 2.75) is 13.1 Å². The third-order valence-electron chi connectivity index (χ3n) is 2.86. The van der Waals surface area contributed by atoms with Gasteiger partial charge in [-0.15, -0.1) is 0 Å². The molecule has 1 heterocycles. The van der Waals surface area contributed by atoms with E-state index in [1.165, 1.54) is 17.7 Å². The van der Waals surface area contributed by atoms with Crippen LogP contribution in [-0.4, -0.2) is 29.1 Å². The van der Waals surface area contributed by atoms with Gasteiger partial charge in [0, 0.05) is 13.1 Å². The smallest absolute Gasteiger partial charge is 0.423 e. The minimum Gasteiger partial charge on any atom is -0.423 e. The van der Waals surface area contributed by atoms with Crippen LogP contribution >= 0.6 is 11.3 Å². The van der Waals surface area contributed by atoms with Gasteiger partial charge in [-0.05, 0) is 52.6 Å². The maximum absolute atomic E-state index is 13.1. The predicted molar refractivity (Wildman–Crippen MR) is 75.7 cm³/mol. The van der Waals surface area contributed by atoms with Gasteiger partial charge in [0.05, 0.1) is 0 Å². The molecule has 0 atom stereocenters. The highest BCUT2D eigenvalue weighted by Crippen LogP contribution is 2.11. The molecule has 2 N–H and O–H groups in total. The van der Waals surface area contributed by atoms with Gasteiger partial charge in [0.2, 0.25) is 0 Å². The van der Waals surface area contributed by atoms with Crippen molar-refractivity contribution in [3.8, 4) is 0 Å². The zero-order valence-electron chi connectivity index (χ0n) is 10.6. The second-order valence-electron chi connectivity index (χ2n) is 4.52. The Kier molecular flexibility index (Phi) is 4.71. The molecule has 2 rings (SSSR count). The molecule has 0 fully saturated rings. The van der Waals surface area contributed by atoms with Crippen molar-refractivity contribution in [2.75, 3.05) is 7.05 Å². The molecule has 0 aliphatic heterocycles. The summed E-state index contributed by atoms with van der Waals surface area (Å²) in [4.78, 5) is 2.04. The Bertz CT molecular complexity index is 533. The van der Waals surface area contributed by atoms with Crippen LogP contribution in [0.3, 0.4) is 0 Å². The summed E-state index contributed by atoms with van der Waals surface area (Å²) in [5.74, 6) is -0.465. The second-order valence-corrected chi connectivity index (χ2v) is 5.30. The molecule has 1 aromatic heterocycles. The van der Waals surface area contributed by atoms with Gasteiger partial charge in [-0.1, -0.05) is 6.07 Å². The van der Waals surface area contributed by atoms with E-state index in [-0.39, 0.29) is 5.46 Å². The number of nitrogens with zero attached hydrogens (tertiary/aromatic N) is 1. The fraction of sp³-hybridized carbons (Fsp3) is 0.231. The van der Waals surface area contributed by atoms with Gasteiger partial charge in [0.1, 0.15) is 5.82 Å². The number of thiophene rings is 1. The second kappa shape index (κ2) is 6.30. The van der Waals surface area contributed by atoms with E-state index in [0.717, 1.165) is 6.54 Å². The highest BCUT2D eigenvalue weighted by Gasteiger charge is 2.17. The van der Waals surface area contributed by atoms with Gasteiger partial charge in [0.15, 0.2) is 0 Å². The fourth-order valence-corrected chi connectivity index (χ4v) is 2.65. The maximum Gasteiger partial charge on any atom is 0.488 e. The Balaban J connectivity index is 2.10. The standard InChI is InChI=1S/C13H15BFNO2S/c1-16(7-10-4-5-19-9-10)8-11-2-3-12(15)6-13(11)14(17)18/h2-6,9,17-18H,7-8H2,1H3. The van der Waals surface area contributed by atoms with Crippen molar-refractivity contribution in [1.29, 1.82) is 0 Å². The Hall–Kier alpha value is -1.21. The van der Waals surface area contributed by atoms with Crippen LogP contribution in [0, 0.1) is 5.82 Å². The summed E-state index contributed by atoms with van der Waals surface area (Å²) in [5, 5.41) is 22.6. The van der Waals surface area contributed by atoms with E-state index in [1.807, 2.05) is 23.4 Å². The lowest BCUT2D eigenvalue weighted by Gasteiger charge is -2.18. The summed E-state index contributed by atoms with van der Waals surface area (Å²) >= 11 is 1.64. The normalized spacial score (nSPS) is 11.0. The molecule has 0 unspecified atom stereocenters. The Labute approximate surface area is 116 Å². The molecule has 3 nitrogen and oxygen atoms in total. The maximum atomic E-state index is 13.1. The lowest BCUT2D eigenvalue weighted by molar-refractivity contribution is 0.319. The topological polar surface area (TPSA) is 43.7 Å². The summed E-state index contributed by atoms with van der Waals surface area (Å²) < 4.78 is 13.1. The van der Waals surface area contributed by atoms with Gasteiger partial charge in [-0.2, -0.15) is 11.3 Å². The van der Waals surface area contributed by atoms with Crippen LogP contribution in [0.5, 0.6) is 0 Å². The first kappa shape index (κ1) is 14.2. The molecule has 0 radical (unpaired) electrons. The average Bonchev–Trinajstić information content (AvgIpc) is 2.83. The Morgan fingerprint density at radius 1 is 1.26 bits per heavy atom. The van der Waals surface area contributed by atoms with E-state index in [4.69, 9.17) is 0 Å². The Morgan fingerprint density at radius 2 is 2.05 bits per heavy atom. The van der Waals surface area contributed by atoms with Crippen molar-refractivity contribution >= 4 is 23.9 Å². The van der Waals surface area contributed by atoms with E-state index in [1.54, 1.807) is 17.4 Å². The van der Waals surface area contributed by atoms with Gasteiger partial charge in [0.25, 0.3) is 0 Å². The molecule has 0 saturated heterocycles. The number of rotatable bonds is 5. The average molecular weight is 279 g/mol. The van der Waals surface area contributed by atoms with Crippen molar-refractivity contribution in [2.24, 2.45) is 0 Å². The molecule has 0 aliphatic rings. The van der Waals surface area contributed by atoms with Crippen LogP contribution in [0.15, 0.2) is 35.0 Å². The largest absolute Gasteiger partial charge is 0.488 e. The summed E-state index contributed by atoms with van der Waals surface area (Å²) in [6.07, 6.45) is 0. The van der Waals surface area contributed by atoms with E-state index < -0.39 is 12.9 Å². The quantitative estimate of drug-likeness (QED) is 0.808. The first-order chi connectivity index (χ1) is 9.06. The molecule has 0 bridgehead atoms. The zero-order valence-corrected chi connectivity index (χ0v) is 11.4. The van der Waals surface area contributed by atoms with Crippen molar-refractivity contribution < 1.29 is 14.4 Å². The number of benzene rings is 1.